The molecule has 2 aromatic rings. The number of carbonyl (C=O) groups excluding carboxylic acids is 1. The van der Waals surface area contributed by atoms with Crippen LogP contribution in [0.15, 0.2) is 30.6 Å². The van der Waals surface area contributed by atoms with Gasteiger partial charge in [-0.05, 0) is 24.3 Å². The number of rotatable bonds is 5. The number of carboxylic acids is 1. The van der Waals surface area contributed by atoms with Gasteiger partial charge in [0.05, 0.1) is 5.92 Å². The first kappa shape index (κ1) is 15.0. The van der Waals surface area contributed by atoms with E-state index in [9.17, 15) is 9.59 Å². The van der Waals surface area contributed by atoms with E-state index in [-0.39, 0.29) is 18.4 Å². The van der Waals surface area contributed by atoms with Crippen molar-refractivity contribution in [2.24, 2.45) is 5.92 Å². The number of nitrogens with zero attached hydrogens (tertiary/aromatic N) is 3. The largest absolute Gasteiger partial charge is 0.481 e. The summed E-state index contributed by atoms with van der Waals surface area (Å²) in [5.41, 5.74) is 0.383. The number of aromatic nitrogens is 3. The fourth-order valence-electron chi connectivity index (χ4n) is 1.69. The summed E-state index contributed by atoms with van der Waals surface area (Å²) in [6.07, 6.45) is 1.25. The molecule has 1 aromatic heterocycles. The number of benzene rings is 1. The third kappa shape index (κ3) is 3.57. The van der Waals surface area contributed by atoms with Gasteiger partial charge in [-0.25, -0.2) is 5.10 Å². The molecule has 1 amide bonds. The first-order valence-corrected chi connectivity index (χ1v) is 6.52. The molecule has 0 spiro atoms. The van der Waals surface area contributed by atoms with Crippen molar-refractivity contribution in [1.82, 2.24) is 15.2 Å². The molecule has 0 aliphatic carbocycles. The topological polar surface area (TPSA) is 99.2 Å². The van der Waals surface area contributed by atoms with Crippen molar-refractivity contribution in [3.8, 4) is 0 Å². The van der Waals surface area contributed by atoms with Crippen molar-refractivity contribution >= 4 is 29.4 Å². The highest BCUT2D eigenvalue weighted by Gasteiger charge is 2.24. The molecule has 1 aromatic carbocycles. The van der Waals surface area contributed by atoms with Gasteiger partial charge in [0.2, 0.25) is 5.95 Å². The molecular weight excluding hydrogens is 296 g/mol. The second-order valence-corrected chi connectivity index (χ2v) is 4.91. The third-order valence-electron chi connectivity index (χ3n) is 2.87. The Bertz CT molecular complexity index is 627. The molecule has 1 heterocycles. The summed E-state index contributed by atoms with van der Waals surface area (Å²) in [4.78, 5) is 28.7. The molecule has 0 saturated heterocycles. The smallest absolute Gasteiger partial charge is 0.308 e. The van der Waals surface area contributed by atoms with Gasteiger partial charge in [-0.15, -0.1) is 0 Å². The van der Waals surface area contributed by atoms with Crippen LogP contribution in [-0.2, 0) is 4.79 Å². The number of H-pyrrole nitrogens is 1. The van der Waals surface area contributed by atoms with Crippen molar-refractivity contribution in [2.45, 2.75) is 6.92 Å². The monoisotopic (exact) mass is 308 g/mol. The molecule has 0 aliphatic rings. The van der Waals surface area contributed by atoms with E-state index in [1.165, 1.54) is 18.2 Å². The zero-order valence-electron chi connectivity index (χ0n) is 11.2. The van der Waals surface area contributed by atoms with Crippen LogP contribution in [0.4, 0.5) is 5.95 Å². The summed E-state index contributed by atoms with van der Waals surface area (Å²) in [6.45, 7) is 1.49. The van der Waals surface area contributed by atoms with Crippen molar-refractivity contribution in [3.63, 3.8) is 0 Å². The predicted octanol–water partition coefficient (Wildman–Crippen LogP) is 1.83. The molecule has 7 nitrogen and oxygen atoms in total. The van der Waals surface area contributed by atoms with E-state index in [4.69, 9.17) is 16.7 Å². The van der Waals surface area contributed by atoms with Crippen LogP contribution >= 0.6 is 11.6 Å². The zero-order valence-corrected chi connectivity index (χ0v) is 11.9. The van der Waals surface area contributed by atoms with Gasteiger partial charge in [-0.3, -0.25) is 14.5 Å². The molecule has 0 saturated carbocycles. The standard InChI is InChI=1S/C13H13ClN4O3/c1-8(12(20)21)6-18(13-15-7-16-17-13)11(19)9-2-4-10(14)5-3-9/h2-5,7-8H,6H2,1H3,(H,20,21)(H,15,16,17). The molecule has 110 valence electrons. The average molecular weight is 309 g/mol. The van der Waals surface area contributed by atoms with Crippen LogP contribution in [0.25, 0.3) is 0 Å². The number of amides is 1. The lowest BCUT2D eigenvalue weighted by atomic mass is 10.1. The second kappa shape index (κ2) is 6.36. The Morgan fingerprint density at radius 1 is 1.38 bits per heavy atom. The maximum absolute atomic E-state index is 12.5. The number of anilines is 1. The lowest BCUT2D eigenvalue weighted by Crippen LogP contribution is -2.37. The Balaban J connectivity index is 2.28. The Morgan fingerprint density at radius 2 is 2.05 bits per heavy atom. The van der Waals surface area contributed by atoms with E-state index in [2.05, 4.69) is 15.2 Å². The van der Waals surface area contributed by atoms with Crippen LogP contribution in [0, 0.1) is 5.92 Å². The van der Waals surface area contributed by atoms with Gasteiger partial charge >= 0.3 is 5.97 Å². The lowest BCUT2D eigenvalue weighted by Gasteiger charge is -2.21. The fourth-order valence-corrected chi connectivity index (χ4v) is 1.82. The van der Waals surface area contributed by atoms with E-state index < -0.39 is 11.9 Å². The van der Waals surface area contributed by atoms with Crippen LogP contribution in [0.2, 0.25) is 5.02 Å². The fraction of sp³-hybridized carbons (Fsp3) is 0.231. The number of hydrogen-bond acceptors (Lipinski definition) is 4. The lowest BCUT2D eigenvalue weighted by molar-refractivity contribution is -0.140. The first-order chi connectivity index (χ1) is 9.99. The molecule has 0 fully saturated rings. The van der Waals surface area contributed by atoms with Gasteiger partial charge in [-0.2, -0.15) is 10.1 Å². The minimum absolute atomic E-state index is 0.0218. The maximum Gasteiger partial charge on any atom is 0.308 e. The molecule has 1 atom stereocenters. The number of halogens is 1. The maximum atomic E-state index is 12.5. The summed E-state index contributed by atoms with van der Waals surface area (Å²) < 4.78 is 0. The molecular formula is C13H13ClN4O3. The average Bonchev–Trinajstić information content (AvgIpc) is 2.98. The Morgan fingerprint density at radius 3 is 2.57 bits per heavy atom. The zero-order chi connectivity index (χ0) is 15.4. The second-order valence-electron chi connectivity index (χ2n) is 4.47. The number of carbonyl (C=O) groups is 2. The highest BCUT2D eigenvalue weighted by molar-refractivity contribution is 6.30. The highest BCUT2D eigenvalue weighted by Crippen LogP contribution is 2.16. The highest BCUT2D eigenvalue weighted by atomic mass is 35.5. The summed E-state index contributed by atoms with van der Waals surface area (Å²) in [5.74, 6) is -1.92. The Hall–Kier alpha value is -2.41. The number of hydrogen-bond donors (Lipinski definition) is 2. The van der Waals surface area contributed by atoms with E-state index in [1.54, 1.807) is 24.3 Å². The van der Waals surface area contributed by atoms with Crippen molar-refractivity contribution in [2.75, 3.05) is 11.4 Å². The van der Waals surface area contributed by atoms with E-state index in [1.807, 2.05) is 0 Å². The van der Waals surface area contributed by atoms with Gasteiger partial charge in [0.1, 0.15) is 6.33 Å². The van der Waals surface area contributed by atoms with Crippen molar-refractivity contribution in [1.29, 1.82) is 0 Å². The summed E-state index contributed by atoms with van der Waals surface area (Å²) >= 11 is 5.79. The SMILES string of the molecule is CC(CN(C(=O)c1ccc(Cl)cc1)c1ncn[nH]1)C(=O)O. The molecule has 8 heteroatoms. The number of aliphatic carboxylic acids is 1. The van der Waals surface area contributed by atoms with Crippen LogP contribution < -0.4 is 4.90 Å². The van der Waals surface area contributed by atoms with Crippen LogP contribution in [0.5, 0.6) is 0 Å². The molecule has 1 unspecified atom stereocenters. The number of aromatic amines is 1. The normalized spacial score (nSPS) is 11.9. The van der Waals surface area contributed by atoms with Crippen molar-refractivity contribution in [3.05, 3.63) is 41.2 Å². The molecule has 0 radical (unpaired) electrons. The molecule has 2 rings (SSSR count). The van der Waals surface area contributed by atoms with E-state index >= 15 is 0 Å². The molecule has 2 N–H and O–H groups in total. The third-order valence-corrected chi connectivity index (χ3v) is 3.12. The predicted molar refractivity (Wildman–Crippen MR) is 76.3 cm³/mol. The molecule has 0 aliphatic heterocycles. The van der Waals surface area contributed by atoms with Gasteiger partial charge in [0.15, 0.2) is 0 Å². The quantitative estimate of drug-likeness (QED) is 0.877. The van der Waals surface area contributed by atoms with Crippen LogP contribution in [0.1, 0.15) is 17.3 Å². The van der Waals surface area contributed by atoms with E-state index in [0.29, 0.717) is 10.6 Å². The minimum atomic E-state index is -0.997. The Kier molecular flexibility index (Phi) is 4.54. The van der Waals surface area contributed by atoms with Crippen molar-refractivity contribution < 1.29 is 14.7 Å². The molecule has 0 bridgehead atoms. The van der Waals surface area contributed by atoms with Gasteiger partial charge in [0.25, 0.3) is 5.91 Å². The summed E-state index contributed by atoms with van der Waals surface area (Å²) in [7, 11) is 0. The van der Waals surface area contributed by atoms with E-state index in [0.717, 1.165) is 0 Å². The summed E-state index contributed by atoms with van der Waals surface area (Å²) in [5, 5.41) is 15.8. The first-order valence-electron chi connectivity index (χ1n) is 6.14. The van der Waals surface area contributed by atoms with Gasteiger partial charge < -0.3 is 5.11 Å². The van der Waals surface area contributed by atoms with Crippen LogP contribution in [0.3, 0.4) is 0 Å². The summed E-state index contributed by atoms with van der Waals surface area (Å²) in [6, 6.07) is 6.32. The number of carboxylic acid groups (broad SMARTS) is 1. The van der Waals surface area contributed by atoms with Crippen LogP contribution in [-0.4, -0.2) is 38.7 Å². The number of nitrogens with one attached hydrogen (secondary N) is 1. The minimum Gasteiger partial charge on any atom is -0.481 e. The Labute approximate surface area is 125 Å². The molecule has 21 heavy (non-hydrogen) atoms. The van der Waals surface area contributed by atoms with Gasteiger partial charge in [-0.1, -0.05) is 18.5 Å². The van der Waals surface area contributed by atoms with Gasteiger partial charge in [0, 0.05) is 17.1 Å².